The van der Waals surface area contributed by atoms with Crippen molar-refractivity contribution in [3.05, 3.63) is 70.3 Å². The monoisotopic (exact) mass is 458 g/mol. The van der Waals surface area contributed by atoms with Gasteiger partial charge in [0.05, 0.1) is 16.9 Å². The lowest BCUT2D eigenvalue weighted by Crippen LogP contribution is -2.30. The van der Waals surface area contributed by atoms with Crippen LogP contribution in [-0.4, -0.2) is 34.4 Å². The van der Waals surface area contributed by atoms with Crippen LogP contribution in [0.5, 0.6) is 5.75 Å². The quantitative estimate of drug-likeness (QED) is 0.536. The van der Waals surface area contributed by atoms with Gasteiger partial charge in [-0.3, -0.25) is 4.79 Å². The number of nitriles is 1. The molecule has 0 aliphatic heterocycles. The number of hydrogen-bond acceptors (Lipinski definition) is 6. The molecule has 158 valence electrons. The molecule has 8 nitrogen and oxygen atoms in total. The maximum absolute atomic E-state index is 12.3. The molecule has 3 rings (SSSR count). The van der Waals surface area contributed by atoms with Gasteiger partial charge in [-0.05, 0) is 37.3 Å². The first-order valence-corrected chi connectivity index (χ1v) is 9.76. The number of nitrogens with one attached hydrogen (secondary N) is 1. The highest BCUT2D eigenvalue weighted by atomic mass is 35.5. The van der Waals surface area contributed by atoms with Crippen molar-refractivity contribution in [2.45, 2.75) is 13.0 Å². The summed E-state index contributed by atoms with van der Waals surface area (Å²) in [7, 11) is 0. The van der Waals surface area contributed by atoms with Gasteiger partial charge in [0, 0.05) is 5.02 Å². The number of aromatic nitrogens is 2. The molecule has 3 aromatic rings. The second-order valence-electron chi connectivity index (χ2n) is 6.26. The van der Waals surface area contributed by atoms with E-state index in [-0.39, 0.29) is 22.2 Å². The molecule has 1 atom stereocenters. The predicted octanol–water partition coefficient (Wildman–Crippen LogP) is 4.00. The Labute approximate surface area is 187 Å². The lowest BCUT2D eigenvalue weighted by atomic mass is 10.3. The number of anilines is 1. The zero-order chi connectivity index (χ0) is 22.4. The number of benzene rings is 2. The molecule has 2 aromatic carbocycles. The van der Waals surface area contributed by atoms with E-state index in [0.717, 1.165) is 0 Å². The average molecular weight is 459 g/mol. The summed E-state index contributed by atoms with van der Waals surface area (Å²) in [6.07, 6.45) is 0.316. The van der Waals surface area contributed by atoms with Gasteiger partial charge in [-0.15, -0.1) is 0 Å². The summed E-state index contributed by atoms with van der Waals surface area (Å²) in [5.41, 5.74) is 0.816. The number of hydrogen-bond donors (Lipinski definition) is 1. The number of carbonyl (C=O) groups is 2. The first-order valence-electron chi connectivity index (χ1n) is 9.00. The highest BCUT2D eigenvalue weighted by Crippen LogP contribution is 2.28. The van der Waals surface area contributed by atoms with Gasteiger partial charge in [-0.1, -0.05) is 41.4 Å². The zero-order valence-electron chi connectivity index (χ0n) is 16.2. The molecule has 0 saturated carbocycles. The lowest BCUT2D eigenvalue weighted by Gasteiger charge is -2.15. The van der Waals surface area contributed by atoms with Crippen molar-refractivity contribution in [2.75, 3.05) is 11.9 Å². The van der Waals surface area contributed by atoms with Crippen LogP contribution >= 0.6 is 23.2 Å². The molecule has 1 heterocycles. The molecule has 0 fully saturated rings. The van der Waals surface area contributed by atoms with E-state index in [2.05, 4.69) is 10.4 Å². The number of esters is 1. The number of amides is 1. The van der Waals surface area contributed by atoms with Crippen LogP contribution in [0.25, 0.3) is 5.69 Å². The van der Waals surface area contributed by atoms with Crippen LogP contribution in [0.15, 0.2) is 54.7 Å². The number of ether oxygens (including phenoxy) is 2. The summed E-state index contributed by atoms with van der Waals surface area (Å²) in [6.45, 7) is 0.884. The summed E-state index contributed by atoms with van der Waals surface area (Å²) < 4.78 is 11.9. The van der Waals surface area contributed by atoms with Crippen molar-refractivity contribution in [2.24, 2.45) is 0 Å². The highest BCUT2D eigenvalue weighted by Gasteiger charge is 2.20. The van der Waals surface area contributed by atoms with Crippen molar-refractivity contribution < 1.29 is 19.1 Å². The third kappa shape index (κ3) is 5.54. The second-order valence-corrected chi connectivity index (χ2v) is 7.10. The molecule has 0 spiro atoms. The van der Waals surface area contributed by atoms with Gasteiger partial charge in [0.2, 0.25) is 0 Å². The Hall–Kier alpha value is -3.54. The molecule has 0 bridgehead atoms. The van der Waals surface area contributed by atoms with Crippen LogP contribution in [-0.2, 0) is 14.3 Å². The Bertz CT molecular complexity index is 1140. The third-order valence-electron chi connectivity index (χ3n) is 4.02. The van der Waals surface area contributed by atoms with Crippen molar-refractivity contribution in [1.29, 1.82) is 5.26 Å². The fourth-order valence-corrected chi connectivity index (χ4v) is 3.00. The number of nitrogens with zero attached hydrogens (tertiary/aromatic N) is 3. The van der Waals surface area contributed by atoms with E-state index < -0.39 is 24.6 Å². The molecular weight excluding hydrogens is 443 g/mol. The number of para-hydroxylation sites is 1. The Morgan fingerprint density at radius 1 is 1.23 bits per heavy atom. The summed E-state index contributed by atoms with van der Waals surface area (Å²) in [6, 6.07) is 15.5. The minimum absolute atomic E-state index is 0.164. The first-order chi connectivity index (χ1) is 14.9. The van der Waals surface area contributed by atoms with Gasteiger partial charge in [0.1, 0.15) is 17.4 Å². The molecular formula is C21H16Cl2N4O4. The molecule has 0 saturated heterocycles. The highest BCUT2D eigenvalue weighted by molar-refractivity contribution is 6.35. The van der Waals surface area contributed by atoms with Crippen LogP contribution in [0.3, 0.4) is 0 Å². The van der Waals surface area contributed by atoms with Gasteiger partial charge in [-0.2, -0.15) is 10.4 Å². The second kappa shape index (κ2) is 9.98. The van der Waals surface area contributed by atoms with E-state index in [1.54, 1.807) is 30.3 Å². The van der Waals surface area contributed by atoms with Crippen molar-refractivity contribution in [3.8, 4) is 17.5 Å². The lowest BCUT2D eigenvalue weighted by molar-refractivity contribution is -0.153. The topological polar surface area (TPSA) is 106 Å². The van der Waals surface area contributed by atoms with Crippen LogP contribution in [0.4, 0.5) is 5.82 Å². The van der Waals surface area contributed by atoms with Crippen LogP contribution in [0.1, 0.15) is 12.5 Å². The summed E-state index contributed by atoms with van der Waals surface area (Å²) in [4.78, 5) is 24.5. The molecule has 31 heavy (non-hydrogen) atoms. The fourth-order valence-electron chi connectivity index (χ4n) is 2.55. The Morgan fingerprint density at radius 2 is 1.97 bits per heavy atom. The van der Waals surface area contributed by atoms with Crippen LogP contribution in [0, 0.1) is 11.3 Å². The zero-order valence-corrected chi connectivity index (χ0v) is 17.7. The molecule has 10 heteroatoms. The Morgan fingerprint density at radius 3 is 2.65 bits per heavy atom. The maximum atomic E-state index is 12.3. The normalized spacial score (nSPS) is 11.3. The number of rotatable bonds is 7. The number of halogens is 2. The molecule has 1 N–H and O–H groups in total. The smallest absolute Gasteiger partial charge is 0.347 e. The fraction of sp³-hybridized carbons (Fsp3) is 0.143. The SMILES string of the molecule is CC(Oc1ccc(Cl)cc1Cl)C(=O)OCC(=O)Nc1c(C#N)cnn1-c1ccccc1. The molecule has 1 amide bonds. The van der Waals surface area contributed by atoms with Crippen LogP contribution in [0.2, 0.25) is 10.0 Å². The van der Waals surface area contributed by atoms with Gasteiger partial charge < -0.3 is 14.8 Å². The maximum Gasteiger partial charge on any atom is 0.347 e. The largest absolute Gasteiger partial charge is 0.477 e. The third-order valence-corrected chi connectivity index (χ3v) is 4.55. The van der Waals surface area contributed by atoms with E-state index in [1.165, 1.54) is 29.9 Å². The van der Waals surface area contributed by atoms with Gasteiger partial charge in [0.25, 0.3) is 5.91 Å². The van der Waals surface area contributed by atoms with E-state index in [0.29, 0.717) is 10.7 Å². The van der Waals surface area contributed by atoms with E-state index in [1.807, 2.05) is 12.1 Å². The molecule has 0 aliphatic carbocycles. The van der Waals surface area contributed by atoms with Crippen LogP contribution < -0.4 is 10.1 Å². The predicted molar refractivity (Wildman–Crippen MR) is 114 cm³/mol. The van der Waals surface area contributed by atoms with Gasteiger partial charge in [-0.25, -0.2) is 9.48 Å². The van der Waals surface area contributed by atoms with E-state index in [9.17, 15) is 14.9 Å². The summed E-state index contributed by atoms with van der Waals surface area (Å²) >= 11 is 11.8. The molecule has 1 aromatic heterocycles. The van der Waals surface area contributed by atoms with Gasteiger partial charge >= 0.3 is 5.97 Å². The minimum Gasteiger partial charge on any atom is -0.477 e. The number of carbonyl (C=O) groups excluding carboxylic acids is 2. The molecule has 0 radical (unpaired) electrons. The van der Waals surface area contributed by atoms with Gasteiger partial charge in [0.15, 0.2) is 18.5 Å². The Balaban J connectivity index is 1.61. The van der Waals surface area contributed by atoms with E-state index >= 15 is 0 Å². The Kier molecular flexibility index (Phi) is 7.13. The van der Waals surface area contributed by atoms with Crippen molar-refractivity contribution >= 4 is 40.9 Å². The summed E-state index contributed by atoms with van der Waals surface area (Å²) in [5, 5.41) is 16.6. The first kappa shape index (κ1) is 22.2. The van der Waals surface area contributed by atoms with Crippen molar-refractivity contribution in [1.82, 2.24) is 9.78 Å². The minimum atomic E-state index is -1.02. The molecule has 0 aliphatic rings. The standard InChI is InChI=1S/C21H16Cl2N4O4/c1-13(31-18-8-7-15(22)9-17(18)23)21(29)30-12-19(28)26-20-14(10-24)11-25-27(20)16-5-3-2-4-6-16/h2-9,11,13H,12H2,1H3,(H,26,28). The summed E-state index contributed by atoms with van der Waals surface area (Å²) in [5.74, 6) is -0.977. The van der Waals surface area contributed by atoms with E-state index in [4.69, 9.17) is 32.7 Å². The molecule has 1 unspecified atom stereocenters. The average Bonchev–Trinajstić information content (AvgIpc) is 3.16. The van der Waals surface area contributed by atoms with Crippen molar-refractivity contribution in [3.63, 3.8) is 0 Å².